The second-order valence-electron chi connectivity index (χ2n) is 2.32. The van der Waals surface area contributed by atoms with Gasteiger partial charge in [-0.2, -0.15) is 0 Å². The zero-order valence-electron chi connectivity index (χ0n) is 6.49. The maximum Gasteiger partial charge on any atom is 0.161 e. The number of benzene rings is 1. The number of hydrogen-bond donors (Lipinski definition) is 0. The van der Waals surface area contributed by atoms with Gasteiger partial charge in [0.05, 0.1) is 6.61 Å². The first kappa shape index (κ1) is 10.3. The van der Waals surface area contributed by atoms with E-state index in [0.717, 1.165) is 6.07 Å². The number of hydrogen-bond acceptors (Lipinski definition) is 1. The van der Waals surface area contributed by atoms with E-state index in [0.29, 0.717) is 6.07 Å². The molecule has 1 aromatic carbocycles. The van der Waals surface area contributed by atoms with Crippen LogP contribution in [-0.2, 0) is 11.3 Å². The van der Waals surface area contributed by atoms with Crippen molar-refractivity contribution in [1.29, 1.82) is 0 Å². The summed E-state index contributed by atoms with van der Waals surface area (Å²) >= 11 is 5.16. The molecular weight excluding hydrogens is 205 g/mol. The van der Waals surface area contributed by atoms with Crippen LogP contribution in [0.15, 0.2) is 12.1 Å². The average molecular weight is 211 g/mol. The summed E-state index contributed by atoms with van der Waals surface area (Å²) in [6, 6.07) is 1.10. The van der Waals surface area contributed by atoms with Gasteiger partial charge in [-0.05, 0) is 6.07 Å². The van der Waals surface area contributed by atoms with Crippen LogP contribution in [-0.4, -0.2) is 6.07 Å². The fraction of sp³-hybridized carbons (Fsp3) is 0.250. The Kier molecular flexibility index (Phi) is 3.57. The van der Waals surface area contributed by atoms with E-state index < -0.39 is 17.5 Å². The van der Waals surface area contributed by atoms with Gasteiger partial charge in [-0.1, -0.05) is 11.6 Å². The van der Waals surface area contributed by atoms with Crippen LogP contribution in [0, 0.1) is 17.5 Å². The number of rotatable bonds is 3. The predicted molar refractivity (Wildman–Crippen MR) is 41.8 cm³/mol. The van der Waals surface area contributed by atoms with Crippen LogP contribution in [0.25, 0.3) is 0 Å². The molecule has 0 saturated heterocycles. The first-order valence-electron chi connectivity index (χ1n) is 3.42. The number of alkyl halides is 1. The van der Waals surface area contributed by atoms with Crippen molar-refractivity contribution in [2.45, 2.75) is 6.61 Å². The summed E-state index contributed by atoms with van der Waals surface area (Å²) in [5, 5.41) is 0. The molecular formula is C8H6ClF3O. The molecule has 0 heterocycles. The zero-order chi connectivity index (χ0) is 9.84. The van der Waals surface area contributed by atoms with Crippen molar-refractivity contribution in [2.24, 2.45) is 0 Å². The lowest BCUT2D eigenvalue weighted by atomic mass is 10.2. The molecule has 72 valence electrons. The Balaban J connectivity index is 2.88. The van der Waals surface area contributed by atoms with E-state index in [2.05, 4.69) is 4.74 Å². The van der Waals surface area contributed by atoms with Crippen LogP contribution >= 0.6 is 11.6 Å². The minimum atomic E-state index is -1.22. The fourth-order valence-electron chi connectivity index (χ4n) is 0.823. The summed E-state index contributed by atoms with van der Waals surface area (Å²) in [5.41, 5.74) is -0.0560. The van der Waals surface area contributed by atoms with Crippen molar-refractivity contribution in [3.05, 3.63) is 35.1 Å². The van der Waals surface area contributed by atoms with Gasteiger partial charge in [0.15, 0.2) is 11.6 Å². The van der Waals surface area contributed by atoms with Gasteiger partial charge in [0.2, 0.25) is 0 Å². The lowest BCUT2D eigenvalue weighted by Gasteiger charge is -2.03. The molecule has 0 aliphatic heterocycles. The van der Waals surface area contributed by atoms with Crippen molar-refractivity contribution < 1.29 is 17.9 Å². The highest BCUT2D eigenvalue weighted by atomic mass is 35.5. The Hall–Kier alpha value is -0.740. The first-order chi connectivity index (χ1) is 6.15. The summed E-state index contributed by atoms with van der Waals surface area (Å²) < 4.78 is 42.4. The topological polar surface area (TPSA) is 9.23 Å². The molecule has 0 aliphatic carbocycles. The standard InChI is InChI=1S/C8H6ClF3O/c9-4-13-3-5-1-7(11)8(12)2-6(5)10/h1-2H,3-4H2. The van der Waals surface area contributed by atoms with E-state index in [-0.39, 0.29) is 18.2 Å². The van der Waals surface area contributed by atoms with E-state index in [4.69, 9.17) is 11.6 Å². The molecule has 1 aromatic rings. The van der Waals surface area contributed by atoms with Crippen LogP contribution < -0.4 is 0 Å². The van der Waals surface area contributed by atoms with E-state index >= 15 is 0 Å². The highest BCUT2D eigenvalue weighted by Gasteiger charge is 2.09. The molecule has 0 aliphatic rings. The van der Waals surface area contributed by atoms with Gasteiger partial charge < -0.3 is 4.74 Å². The summed E-state index contributed by atoms with van der Waals surface area (Å²) in [6.07, 6.45) is 0. The Morgan fingerprint density at radius 2 is 1.69 bits per heavy atom. The summed E-state index contributed by atoms with van der Waals surface area (Å²) in [4.78, 5) is 0. The van der Waals surface area contributed by atoms with Gasteiger partial charge in [-0.25, -0.2) is 13.2 Å². The highest BCUT2D eigenvalue weighted by molar-refractivity contribution is 6.17. The van der Waals surface area contributed by atoms with Crippen LogP contribution in [0.4, 0.5) is 13.2 Å². The first-order valence-corrected chi connectivity index (χ1v) is 3.95. The largest absolute Gasteiger partial charge is 0.361 e. The van der Waals surface area contributed by atoms with Crippen molar-refractivity contribution >= 4 is 11.6 Å². The van der Waals surface area contributed by atoms with Gasteiger partial charge in [0.25, 0.3) is 0 Å². The Morgan fingerprint density at radius 3 is 2.31 bits per heavy atom. The van der Waals surface area contributed by atoms with Crippen molar-refractivity contribution in [3.8, 4) is 0 Å². The molecule has 0 saturated carbocycles. The average Bonchev–Trinajstić information content (AvgIpc) is 2.09. The number of halogens is 4. The Bertz CT molecular complexity index is 304. The molecule has 0 aromatic heterocycles. The molecule has 0 spiro atoms. The van der Waals surface area contributed by atoms with Crippen LogP contribution in [0.5, 0.6) is 0 Å². The van der Waals surface area contributed by atoms with Gasteiger partial charge in [0, 0.05) is 11.6 Å². The van der Waals surface area contributed by atoms with Crippen molar-refractivity contribution in [2.75, 3.05) is 6.07 Å². The molecule has 0 radical (unpaired) electrons. The Morgan fingerprint density at radius 1 is 1.08 bits per heavy atom. The molecule has 0 fully saturated rings. The van der Waals surface area contributed by atoms with E-state index in [1.807, 2.05) is 0 Å². The molecule has 0 atom stereocenters. The van der Waals surface area contributed by atoms with Crippen LogP contribution in [0.3, 0.4) is 0 Å². The van der Waals surface area contributed by atoms with Crippen LogP contribution in [0.2, 0.25) is 0 Å². The zero-order valence-corrected chi connectivity index (χ0v) is 7.24. The molecule has 13 heavy (non-hydrogen) atoms. The second kappa shape index (κ2) is 4.48. The normalized spacial score (nSPS) is 10.5. The number of ether oxygens (including phenoxy) is 1. The molecule has 0 unspecified atom stereocenters. The molecule has 1 nitrogen and oxygen atoms in total. The maximum atomic E-state index is 12.8. The third-order valence-electron chi connectivity index (χ3n) is 1.42. The summed E-state index contributed by atoms with van der Waals surface area (Å²) in [6.45, 7) is -0.174. The third-order valence-corrected chi connectivity index (χ3v) is 1.58. The minimum Gasteiger partial charge on any atom is -0.361 e. The lowest BCUT2D eigenvalue weighted by molar-refractivity contribution is 0.162. The summed E-state index contributed by atoms with van der Waals surface area (Å²) in [7, 11) is 0. The monoisotopic (exact) mass is 210 g/mol. The maximum absolute atomic E-state index is 12.8. The van der Waals surface area contributed by atoms with E-state index in [9.17, 15) is 13.2 Å². The highest BCUT2D eigenvalue weighted by Crippen LogP contribution is 2.14. The van der Waals surface area contributed by atoms with Gasteiger partial charge >= 0.3 is 0 Å². The SMILES string of the molecule is Fc1cc(F)c(COCCl)cc1F. The molecule has 0 N–H and O–H groups in total. The predicted octanol–water partition coefficient (Wildman–Crippen LogP) is 2.82. The third kappa shape index (κ3) is 2.60. The Labute approximate surface area is 78.1 Å². The van der Waals surface area contributed by atoms with Gasteiger partial charge in [0.1, 0.15) is 11.9 Å². The van der Waals surface area contributed by atoms with Crippen LogP contribution in [0.1, 0.15) is 5.56 Å². The van der Waals surface area contributed by atoms with Gasteiger partial charge in [-0.15, -0.1) is 0 Å². The quantitative estimate of drug-likeness (QED) is 0.551. The molecule has 5 heteroatoms. The van der Waals surface area contributed by atoms with E-state index in [1.54, 1.807) is 0 Å². The smallest absolute Gasteiger partial charge is 0.161 e. The second-order valence-corrected chi connectivity index (χ2v) is 2.53. The van der Waals surface area contributed by atoms with Crippen molar-refractivity contribution in [1.82, 2.24) is 0 Å². The lowest BCUT2D eigenvalue weighted by Crippen LogP contribution is -1.97. The van der Waals surface area contributed by atoms with E-state index in [1.165, 1.54) is 0 Å². The molecule has 0 amide bonds. The molecule has 0 bridgehead atoms. The molecule has 1 rings (SSSR count). The minimum absolute atomic E-state index is 0.0560. The summed E-state index contributed by atoms with van der Waals surface area (Å²) in [5.74, 6) is -3.16. The fourth-order valence-corrected chi connectivity index (χ4v) is 0.900. The van der Waals surface area contributed by atoms with Gasteiger partial charge in [-0.3, -0.25) is 0 Å². The van der Waals surface area contributed by atoms with Crippen molar-refractivity contribution in [3.63, 3.8) is 0 Å².